The summed E-state index contributed by atoms with van der Waals surface area (Å²) in [4.78, 5) is 2.31. The Labute approximate surface area is 100 Å². The van der Waals surface area contributed by atoms with Crippen molar-refractivity contribution in [1.82, 2.24) is 14.7 Å². The molecular formula is C11H18N4S. The fourth-order valence-corrected chi connectivity index (χ4v) is 3.75. The lowest BCUT2D eigenvalue weighted by Gasteiger charge is -2.20. The molecule has 0 aromatic carbocycles. The lowest BCUT2D eigenvalue weighted by atomic mass is 10.1. The van der Waals surface area contributed by atoms with Crippen LogP contribution in [0.25, 0.3) is 0 Å². The quantitative estimate of drug-likeness (QED) is 0.797. The predicted octanol–water partition coefficient (Wildman–Crippen LogP) is 1.13. The fraction of sp³-hybridized carbons (Fsp3) is 0.727. The van der Waals surface area contributed by atoms with Crippen molar-refractivity contribution in [2.24, 2.45) is 0 Å². The van der Waals surface area contributed by atoms with Crippen molar-refractivity contribution in [3.05, 3.63) is 11.3 Å². The molecule has 2 N–H and O–H groups in total. The zero-order valence-electron chi connectivity index (χ0n) is 9.65. The van der Waals surface area contributed by atoms with Crippen molar-refractivity contribution in [3.8, 4) is 0 Å². The minimum absolute atomic E-state index is 0.529. The molecule has 16 heavy (non-hydrogen) atoms. The van der Waals surface area contributed by atoms with Gasteiger partial charge in [-0.2, -0.15) is 16.9 Å². The number of hydrogen-bond donors (Lipinski definition) is 1. The van der Waals surface area contributed by atoms with E-state index in [9.17, 15) is 0 Å². The molecular weight excluding hydrogens is 220 g/mol. The van der Waals surface area contributed by atoms with Gasteiger partial charge in [0.15, 0.2) is 0 Å². The van der Waals surface area contributed by atoms with Crippen LogP contribution in [0, 0.1) is 0 Å². The number of fused-ring (bicyclic) bond motifs is 1. The highest BCUT2D eigenvalue weighted by Crippen LogP contribution is 2.32. The minimum atomic E-state index is 0.529. The van der Waals surface area contributed by atoms with Crippen LogP contribution in [0.15, 0.2) is 0 Å². The lowest BCUT2D eigenvalue weighted by Crippen LogP contribution is -2.26. The van der Waals surface area contributed by atoms with Crippen LogP contribution in [-0.2, 0) is 13.0 Å². The van der Waals surface area contributed by atoms with Gasteiger partial charge in [0.25, 0.3) is 0 Å². The molecule has 5 heteroatoms. The third kappa shape index (κ3) is 1.62. The zero-order chi connectivity index (χ0) is 11.1. The summed E-state index contributed by atoms with van der Waals surface area (Å²) in [5, 5.41) is 4.72. The van der Waals surface area contributed by atoms with Crippen LogP contribution >= 0.6 is 11.8 Å². The molecule has 1 fully saturated rings. The first-order valence-corrected chi connectivity index (χ1v) is 7.03. The monoisotopic (exact) mass is 238 g/mol. The topological polar surface area (TPSA) is 47.1 Å². The maximum Gasteiger partial charge on any atom is 0.125 e. The normalized spacial score (nSPS) is 25.9. The average Bonchev–Trinajstić information content (AvgIpc) is 2.86. The Morgan fingerprint density at radius 3 is 3.12 bits per heavy atom. The first-order chi connectivity index (χ1) is 7.75. The molecule has 1 saturated heterocycles. The van der Waals surface area contributed by atoms with Gasteiger partial charge in [-0.25, -0.2) is 4.68 Å². The molecule has 1 atom stereocenters. The molecule has 4 nitrogen and oxygen atoms in total. The molecule has 1 aromatic heterocycles. The van der Waals surface area contributed by atoms with Crippen LogP contribution in [0.3, 0.4) is 0 Å². The van der Waals surface area contributed by atoms with Crippen LogP contribution in [0.5, 0.6) is 0 Å². The van der Waals surface area contributed by atoms with Gasteiger partial charge < -0.3 is 10.6 Å². The molecule has 2 aliphatic rings. The Morgan fingerprint density at radius 1 is 1.50 bits per heavy atom. The fourth-order valence-electron chi connectivity index (χ4n) is 2.56. The Bertz CT molecular complexity index is 395. The van der Waals surface area contributed by atoms with Crippen molar-refractivity contribution in [2.75, 3.05) is 30.8 Å². The van der Waals surface area contributed by atoms with Crippen molar-refractivity contribution in [2.45, 2.75) is 25.4 Å². The summed E-state index contributed by atoms with van der Waals surface area (Å²) < 4.78 is 2.09. The first kappa shape index (κ1) is 10.5. The number of aromatic nitrogens is 2. The number of likely N-dealkylation sites (N-methyl/N-ethyl adjacent to an activating group) is 1. The molecule has 88 valence electrons. The highest BCUT2D eigenvalue weighted by atomic mass is 32.2. The Hall–Kier alpha value is -0.680. The van der Waals surface area contributed by atoms with E-state index in [1.807, 2.05) is 11.8 Å². The molecule has 3 heterocycles. The summed E-state index contributed by atoms with van der Waals surface area (Å²) in [5.41, 5.74) is 8.72. The number of anilines is 1. The third-order valence-electron chi connectivity index (χ3n) is 3.55. The van der Waals surface area contributed by atoms with Crippen molar-refractivity contribution in [1.29, 1.82) is 0 Å². The van der Waals surface area contributed by atoms with E-state index in [-0.39, 0.29) is 0 Å². The standard InChI is InChI=1S/C11H18N4S/c1-14-4-2-9-10(6-14)13-15(11(9)12)8-3-5-16-7-8/h8H,2-7,12H2,1H3. The van der Waals surface area contributed by atoms with E-state index in [2.05, 4.69) is 16.6 Å². The Morgan fingerprint density at radius 2 is 2.38 bits per heavy atom. The summed E-state index contributed by atoms with van der Waals surface area (Å²) in [6.45, 7) is 2.05. The van der Waals surface area contributed by atoms with Gasteiger partial charge in [0.05, 0.1) is 11.7 Å². The van der Waals surface area contributed by atoms with Crippen LogP contribution in [0.2, 0.25) is 0 Å². The summed E-state index contributed by atoms with van der Waals surface area (Å²) in [6.07, 6.45) is 2.27. The molecule has 2 aliphatic heterocycles. The predicted molar refractivity (Wildman–Crippen MR) is 67.7 cm³/mol. The molecule has 0 radical (unpaired) electrons. The Kier molecular flexibility index (Phi) is 2.59. The van der Waals surface area contributed by atoms with Crippen molar-refractivity contribution >= 4 is 17.6 Å². The summed E-state index contributed by atoms with van der Waals surface area (Å²) in [5.74, 6) is 3.34. The largest absolute Gasteiger partial charge is 0.384 e. The average molecular weight is 238 g/mol. The van der Waals surface area contributed by atoms with E-state index in [1.165, 1.54) is 29.2 Å². The summed E-state index contributed by atoms with van der Waals surface area (Å²) >= 11 is 2.01. The third-order valence-corrected chi connectivity index (χ3v) is 4.69. The number of nitrogen functional groups attached to an aromatic ring is 1. The second-order valence-electron chi connectivity index (χ2n) is 4.76. The molecule has 0 bridgehead atoms. The van der Waals surface area contributed by atoms with E-state index in [1.54, 1.807) is 0 Å². The summed E-state index contributed by atoms with van der Waals surface area (Å²) in [7, 11) is 2.14. The number of nitrogens with zero attached hydrogens (tertiary/aromatic N) is 3. The highest BCUT2D eigenvalue weighted by molar-refractivity contribution is 7.99. The molecule has 0 aliphatic carbocycles. The van der Waals surface area contributed by atoms with Gasteiger partial charge in [-0.15, -0.1) is 0 Å². The number of nitrogens with two attached hydrogens (primary N) is 1. The van der Waals surface area contributed by atoms with Gasteiger partial charge in [-0.05, 0) is 25.6 Å². The van der Waals surface area contributed by atoms with Crippen LogP contribution < -0.4 is 5.73 Å². The zero-order valence-corrected chi connectivity index (χ0v) is 10.5. The maximum absolute atomic E-state index is 6.22. The van der Waals surface area contributed by atoms with E-state index in [4.69, 9.17) is 10.8 Å². The van der Waals surface area contributed by atoms with Gasteiger partial charge in [0, 0.05) is 24.4 Å². The molecule has 3 rings (SSSR count). The van der Waals surface area contributed by atoms with E-state index in [0.29, 0.717) is 6.04 Å². The maximum atomic E-state index is 6.22. The Balaban J connectivity index is 1.95. The molecule has 0 amide bonds. The van der Waals surface area contributed by atoms with E-state index < -0.39 is 0 Å². The molecule has 0 saturated carbocycles. The van der Waals surface area contributed by atoms with E-state index in [0.717, 1.165) is 25.3 Å². The van der Waals surface area contributed by atoms with Gasteiger partial charge >= 0.3 is 0 Å². The molecule has 1 unspecified atom stereocenters. The van der Waals surface area contributed by atoms with Crippen molar-refractivity contribution < 1.29 is 0 Å². The van der Waals surface area contributed by atoms with Crippen molar-refractivity contribution in [3.63, 3.8) is 0 Å². The second kappa shape index (κ2) is 3.96. The number of thioether (sulfide) groups is 1. The number of rotatable bonds is 1. The second-order valence-corrected chi connectivity index (χ2v) is 5.91. The first-order valence-electron chi connectivity index (χ1n) is 5.87. The minimum Gasteiger partial charge on any atom is -0.384 e. The SMILES string of the molecule is CN1CCc2c(nn(C3CCSC3)c2N)C1. The lowest BCUT2D eigenvalue weighted by molar-refractivity contribution is 0.307. The highest BCUT2D eigenvalue weighted by Gasteiger charge is 2.26. The van der Waals surface area contributed by atoms with Crippen LogP contribution in [0.4, 0.5) is 5.82 Å². The van der Waals surface area contributed by atoms with Gasteiger partial charge in [-0.1, -0.05) is 0 Å². The van der Waals surface area contributed by atoms with Gasteiger partial charge in [-0.3, -0.25) is 0 Å². The van der Waals surface area contributed by atoms with E-state index >= 15 is 0 Å². The smallest absolute Gasteiger partial charge is 0.125 e. The van der Waals surface area contributed by atoms with Gasteiger partial charge in [0.1, 0.15) is 5.82 Å². The molecule has 1 aromatic rings. The van der Waals surface area contributed by atoms with Gasteiger partial charge in [0.2, 0.25) is 0 Å². The van der Waals surface area contributed by atoms with Crippen LogP contribution in [-0.4, -0.2) is 39.8 Å². The number of hydrogen-bond acceptors (Lipinski definition) is 4. The van der Waals surface area contributed by atoms with Crippen LogP contribution in [0.1, 0.15) is 23.7 Å². The molecule has 0 spiro atoms. The summed E-state index contributed by atoms with van der Waals surface area (Å²) in [6, 6.07) is 0.529.